The number of aromatic nitrogens is 2. The van der Waals surface area contributed by atoms with E-state index in [1.54, 1.807) is 13.1 Å². The number of hydrogen-bond acceptors (Lipinski definition) is 7. The van der Waals surface area contributed by atoms with Gasteiger partial charge in [0.25, 0.3) is 5.56 Å². The molecule has 1 aromatic heterocycles. The number of carbonyl (C=O) groups excluding carboxylic acids is 1. The monoisotopic (exact) mass is 577 g/mol. The number of guanidine groups is 1. The number of nitrogens with zero attached hydrogens (tertiary/aromatic N) is 2. The van der Waals surface area contributed by atoms with Crippen LogP contribution in [0, 0.1) is 12.3 Å². The predicted molar refractivity (Wildman–Crippen MR) is 144 cm³/mol. The van der Waals surface area contributed by atoms with Gasteiger partial charge in [0.1, 0.15) is 6.54 Å². The van der Waals surface area contributed by atoms with Gasteiger partial charge in [0.05, 0.1) is 6.61 Å². The van der Waals surface area contributed by atoms with E-state index >= 15 is 0 Å². The second-order valence-electron chi connectivity index (χ2n) is 8.41. The SMILES string of the molecule is Cc1cnc(NCC(c2ccccc2)c2ccccc2)c(=O)n1CC(=O)NCCONC(=N)N.O=C(O)C(F)(F)F. The van der Waals surface area contributed by atoms with E-state index in [1.807, 2.05) is 36.4 Å². The molecule has 12 nitrogen and oxygen atoms in total. The minimum atomic E-state index is -5.08. The first-order valence-electron chi connectivity index (χ1n) is 12.1. The Bertz CT molecular complexity index is 1310. The second-order valence-corrected chi connectivity index (χ2v) is 8.41. The highest BCUT2D eigenvalue weighted by atomic mass is 19.4. The summed E-state index contributed by atoms with van der Waals surface area (Å²) < 4.78 is 33.1. The fourth-order valence-electron chi connectivity index (χ4n) is 3.46. The Kier molecular flexibility index (Phi) is 12.3. The average molecular weight is 578 g/mol. The Morgan fingerprint density at radius 1 is 1.10 bits per heavy atom. The van der Waals surface area contributed by atoms with Gasteiger partial charge in [-0.2, -0.15) is 13.2 Å². The van der Waals surface area contributed by atoms with Crippen molar-refractivity contribution in [2.45, 2.75) is 25.6 Å². The van der Waals surface area contributed by atoms with Crippen molar-refractivity contribution in [3.63, 3.8) is 0 Å². The number of hydroxylamine groups is 1. The fourth-order valence-corrected chi connectivity index (χ4v) is 3.46. The second kappa shape index (κ2) is 15.6. The molecule has 0 aliphatic heterocycles. The highest BCUT2D eigenvalue weighted by molar-refractivity contribution is 5.76. The summed E-state index contributed by atoms with van der Waals surface area (Å²) in [4.78, 5) is 43.4. The molecule has 220 valence electrons. The van der Waals surface area contributed by atoms with Crippen molar-refractivity contribution in [2.24, 2.45) is 5.73 Å². The summed E-state index contributed by atoms with van der Waals surface area (Å²) in [6.07, 6.45) is -3.52. The Morgan fingerprint density at radius 3 is 2.12 bits per heavy atom. The number of nitrogens with one attached hydrogen (secondary N) is 4. The summed E-state index contributed by atoms with van der Waals surface area (Å²) >= 11 is 0. The quantitative estimate of drug-likeness (QED) is 0.0858. The number of hydrogen-bond donors (Lipinski definition) is 6. The van der Waals surface area contributed by atoms with Crippen molar-refractivity contribution in [3.8, 4) is 0 Å². The third-order valence-electron chi connectivity index (χ3n) is 5.38. The van der Waals surface area contributed by atoms with Gasteiger partial charge in [-0.15, -0.1) is 0 Å². The Morgan fingerprint density at radius 2 is 1.63 bits per heavy atom. The molecular formula is C26H30F3N7O5. The number of carboxylic acid groups (broad SMARTS) is 1. The van der Waals surface area contributed by atoms with Crippen LogP contribution < -0.4 is 27.4 Å². The first-order chi connectivity index (χ1) is 19.4. The van der Waals surface area contributed by atoms with E-state index in [-0.39, 0.29) is 48.9 Å². The van der Waals surface area contributed by atoms with Gasteiger partial charge in [-0.05, 0) is 18.1 Å². The van der Waals surface area contributed by atoms with Crippen LogP contribution in [0.2, 0.25) is 0 Å². The summed E-state index contributed by atoms with van der Waals surface area (Å²) in [6.45, 7) is 2.35. The summed E-state index contributed by atoms with van der Waals surface area (Å²) in [6, 6.07) is 20.1. The topological polar surface area (TPSA) is 184 Å². The maximum absolute atomic E-state index is 13.0. The maximum atomic E-state index is 13.0. The van der Waals surface area contributed by atoms with Crippen molar-refractivity contribution in [1.82, 2.24) is 20.3 Å². The van der Waals surface area contributed by atoms with E-state index in [2.05, 4.69) is 45.4 Å². The van der Waals surface area contributed by atoms with E-state index in [9.17, 15) is 22.8 Å². The molecule has 0 bridgehead atoms. The molecule has 0 atom stereocenters. The number of nitrogens with two attached hydrogens (primary N) is 1. The van der Waals surface area contributed by atoms with Crippen molar-refractivity contribution in [1.29, 1.82) is 5.41 Å². The van der Waals surface area contributed by atoms with Gasteiger partial charge in [-0.3, -0.25) is 24.4 Å². The largest absolute Gasteiger partial charge is 0.490 e. The zero-order valence-corrected chi connectivity index (χ0v) is 21.9. The van der Waals surface area contributed by atoms with Crippen molar-refractivity contribution < 1.29 is 32.7 Å². The average Bonchev–Trinajstić information content (AvgIpc) is 2.93. The van der Waals surface area contributed by atoms with Crippen LogP contribution in [0.1, 0.15) is 22.7 Å². The molecule has 3 aromatic rings. The minimum absolute atomic E-state index is 0.0188. The number of rotatable bonds is 11. The highest BCUT2D eigenvalue weighted by Crippen LogP contribution is 2.24. The van der Waals surface area contributed by atoms with E-state index < -0.39 is 12.1 Å². The zero-order valence-electron chi connectivity index (χ0n) is 21.9. The molecule has 7 N–H and O–H groups in total. The normalized spacial score (nSPS) is 10.8. The van der Waals surface area contributed by atoms with Crippen molar-refractivity contribution in [3.05, 3.63) is 94.0 Å². The number of aryl methyl sites for hydroxylation is 1. The van der Waals surface area contributed by atoms with Crippen LogP contribution in [0.4, 0.5) is 19.0 Å². The molecule has 0 spiro atoms. The Balaban J connectivity index is 0.000000745. The summed E-state index contributed by atoms with van der Waals surface area (Å²) in [5, 5.41) is 20.0. The van der Waals surface area contributed by atoms with E-state index in [1.165, 1.54) is 4.57 Å². The van der Waals surface area contributed by atoms with E-state index in [4.69, 9.17) is 25.9 Å². The molecule has 2 aromatic carbocycles. The van der Waals surface area contributed by atoms with Crippen LogP contribution in [0.25, 0.3) is 0 Å². The van der Waals surface area contributed by atoms with Gasteiger partial charge in [-0.25, -0.2) is 15.3 Å². The number of benzene rings is 2. The van der Waals surface area contributed by atoms with Crippen molar-refractivity contribution >= 4 is 23.7 Å². The fraction of sp³-hybridized carbons (Fsp3) is 0.269. The van der Waals surface area contributed by atoms with Crippen molar-refractivity contribution in [2.75, 3.05) is 25.0 Å². The molecule has 41 heavy (non-hydrogen) atoms. The molecule has 0 unspecified atom stereocenters. The number of halogens is 3. The number of carboxylic acids is 1. The van der Waals surface area contributed by atoms with Gasteiger partial charge < -0.3 is 21.5 Å². The number of amides is 1. The van der Waals surface area contributed by atoms with Gasteiger partial charge in [0.2, 0.25) is 11.9 Å². The van der Waals surface area contributed by atoms with Crippen LogP contribution in [-0.4, -0.2) is 58.4 Å². The first-order valence-corrected chi connectivity index (χ1v) is 12.1. The lowest BCUT2D eigenvalue weighted by Crippen LogP contribution is -2.38. The van der Waals surface area contributed by atoms with Crippen LogP contribution in [0.5, 0.6) is 0 Å². The third kappa shape index (κ3) is 11.0. The molecule has 0 radical (unpaired) electrons. The number of anilines is 1. The molecule has 3 rings (SSSR count). The van der Waals surface area contributed by atoms with Gasteiger partial charge in [-0.1, -0.05) is 60.7 Å². The van der Waals surface area contributed by atoms with Crippen LogP contribution in [0.3, 0.4) is 0 Å². The smallest absolute Gasteiger partial charge is 0.475 e. The lowest BCUT2D eigenvalue weighted by molar-refractivity contribution is -0.192. The Labute approximate surface area is 232 Å². The minimum Gasteiger partial charge on any atom is -0.475 e. The van der Waals surface area contributed by atoms with Crippen LogP contribution in [0.15, 0.2) is 71.7 Å². The third-order valence-corrected chi connectivity index (χ3v) is 5.38. The van der Waals surface area contributed by atoms with E-state index in [0.717, 1.165) is 11.1 Å². The van der Waals surface area contributed by atoms with Gasteiger partial charge in [0.15, 0.2) is 5.82 Å². The van der Waals surface area contributed by atoms with Gasteiger partial charge in [0, 0.05) is 30.9 Å². The number of alkyl halides is 3. The summed E-state index contributed by atoms with van der Waals surface area (Å²) in [7, 11) is 0. The Hall–Kier alpha value is -4.92. The molecule has 0 aliphatic carbocycles. The van der Waals surface area contributed by atoms with Gasteiger partial charge >= 0.3 is 12.1 Å². The highest BCUT2D eigenvalue weighted by Gasteiger charge is 2.38. The lowest BCUT2D eigenvalue weighted by atomic mass is 9.91. The van der Waals surface area contributed by atoms with Crippen LogP contribution in [-0.2, 0) is 21.0 Å². The molecule has 15 heteroatoms. The standard InChI is InChI=1S/C24H29N7O3.C2HF3O2/c1-17-14-28-22(23(33)31(17)16-21(32)27-12-13-34-30-24(25)26)29-15-20(18-8-4-2-5-9-18)19-10-6-3-7-11-19;3-2(4,5)1(6)7/h2-11,14,20H,12-13,15-16H2,1H3,(H,27,32)(H,28,29)(H4,25,26,30);(H,6,7). The molecule has 0 saturated carbocycles. The molecule has 0 aliphatic rings. The summed E-state index contributed by atoms with van der Waals surface area (Å²) in [5.41, 5.74) is 9.72. The zero-order chi connectivity index (χ0) is 30.4. The van der Waals surface area contributed by atoms with Crippen LogP contribution >= 0.6 is 0 Å². The molecule has 0 fully saturated rings. The lowest BCUT2D eigenvalue weighted by Gasteiger charge is -2.19. The number of carbonyl (C=O) groups is 2. The molecular weight excluding hydrogens is 547 g/mol. The molecule has 1 amide bonds. The predicted octanol–water partition coefficient (Wildman–Crippen LogP) is 1.96. The first kappa shape index (κ1) is 32.3. The number of aliphatic carboxylic acids is 1. The maximum Gasteiger partial charge on any atom is 0.490 e. The molecule has 1 heterocycles. The summed E-state index contributed by atoms with van der Waals surface area (Å²) in [5.74, 6) is -3.23. The van der Waals surface area contributed by atoms with E-state index in [0.29, 0.717) is 12.2 Å². The molecule has 0 saturated heterocycles.